The summed E-state index contributed by atoms with van der Waals surface area (Å²) in [7, 11) is 0. The number of rotatable bonds is 7. The van der Waals surface area contributed by atoms with Gasteiger partial charge in [0, 0.05) is 12.6 Å². The fraction of sp³-hybridized carbons (Fsp3) is 0.929. The number of hydrogen-bond acceptors (Lipinski definition) is 4. The summed E-state index contributed by atoms with van der Waals surface area (Å²) in [6.07, 6.45) is 2.87. The molecule has 0 aliphatic carbocycles. The fourth-order valence-corrected chi connectivity index (χ4v) is 2.58. The molecule has 2 unspecified atom stereocenters. The Morgan fingerprint density at radius 1 is 1.50 bits per heavy atom. The molecule has 0 aromatic heterocycles. The molecule has 18 heavy (non-hydrogen) atoms. The molecule has 1 saturated heterocycles. The first-order chi connectivity index (χ1) is 8.67. The molecule has 0 spiro atoms. The van der Waals surface area contributed by atoms with Gasteiger partial charge >= 0.3 is 0 Å². The van der Waals surface area contributed by atoms with Gasteiger partial charge in [-0.3, -0.25) is 10.2 Å². The molecule has 1 aliphatic rings. The van der Waals surface area contributed by atoms with Crippen LogP contribution in [0.25, 0.3) is 0 Å². The molecule has 1 heterocycles. The maximum absolute atomic E-state index is 9.35. The smallest absolute Gasteiger partial charge is 0.106 e. The van der Waals surface area contributed by atoms with Crippen molar-refractivity contribution in [2.24, 2.45) is 0 Å². The monoisotopic (exact) mass is 253 g/mol. The summed E-state index contributed by atoms with van der Waals surface area (Å²) in [6.45, 7) is 11.0. The first-order valence-corrected chi connectivity index (χ1v) is 7.15. The van der Waals surface area contributed by atoms with Crippen LogP contribution < -0.4 is 5.32 Å². The van der Waals surface area contributed by atoms with E-state index in [1.807, 2.05) is 0 Å². The van der Waals surface area contributed by atoms with E-state index >= 15 is 0 Å². The van der Waals surface area contributed by atoms with Crippen LogP contribution in [0.5, 0.6) is 0 Å². The van der Waals surface area contributed by atoms with E-state index in [2.05, 4.69) is 37.1 Å². The molecule has 2 atom stereocenters. The van der Waals surface area contributed by atoms with Crippen molar-refractivity contribution in [3.63, 3.8) is 0 Å². The van der Waals surface area contributed by atoms with Gasteiger partial charge in [-0.15, -0.1) is 0 Å². The highest BCUT2D eigenvalue weighted by Gasteiger charge is 2.27. The Morgan fingerprint density at radius 3 is 2.83 bits per heavy atom. The number of morpholine rings is 1. The second kappa shape index (κ2) is 7.73. The number of hydrogen-bond donors (Lipinski definition) is 1. The van der Waals surface area contributed by atoms with Crippen molar-refractivity contribution in [3.8, 4) is 6.07 Å². The molecule has 104 valence electrons. The highest BCUT2D eigenvalue weighted by Crippen LogP contribution is 2.18. The Labute approximate surface area is 111 Å². The van der Waals surface area contributed by atoms with Gasteiger partial charge in [0.1, 0.15) is 5.54 Å². The summed E-state index contributed by atoms with van der Waals surface area (Å²) in [5, 5.41) is 12.7. The Bertz CT molecular complexity index is 277. The number of nitrogens with one attached hydrogen (secondary N) is 1. The molecule has 1 N–H and O–H groups in total. The minimum absolute atomic E-state index is 0.329. The van der Waals surface area contributed by atoms with Crippen LogP contribution in [0.4, 0.5) is 0 Å². The predicted octanol–water partition coefficient (Wildman–Crippen LogP) is 1.77. The zero-order valence-corrected chi connectivity index (χ0v) is 12.0. The van der Waals surface area contributed by atoms with Crippen molar-refractivity contribution in [1.82, 2.24) is 10.2 Å². The summed E-state index contributed by atoms with van der Waals surface area (Å²) >= 11 is 0. The van der Waals surface area contributed by atoms with Crippen LogP contribution in [0.1, 0.15) is 40.0 Å². The molecular weight excluding hydrogens is 226 g/mol. The lowest BCUT2D eigenvalue weighted by atomic mass is 9.91. The molecule has 0 aromatic carbocycles. The van der Waals surface area contributed by atoms with E-state index in [4.69, 9.17) is 4.74 Å². The molecule has 0 aromatic rings. The van der Waals surface area contributed by atoms with Crippen molar-refractivity contribution in [2.75, 3.05) is 32.8 Å². The Hall–Kier alpha value is -0.630. The molecule has 1 rings (SSSR count). The van der Waals surface area contributed by atoms with Crippen molar-refractivity contribution in [2.45, 2.75) is 51.6 Å². The summed E-state index contributed by atoms with van der Waals surface area (Å²) < 4.78 is 5.43. The molecule has 0 bridgehead atoms. The first kappa shape index (κ1) is 15.4. The maximum atomic E-state index is 9.35. The van der Waals surface area contributed by atoms with Gasteiger partial charge in [0.15, 0.2) is 0 Å². The molecular formula is C14H27N3O. The van der Waals surface area contributed by atoms with E-state index < -0.39 is 0 Å². The van der Waals surface area contributed by atoms with Gasteiger partial charge in [0.25, 0.3) is 0 Å². The second-order valence-electron chi connectivity index (χ2n) is 5.14. The molecule has 4 heteroatoms. The Kier molecular flexibility index (Phi) is 6.62. The molecule has 4 nitrogen and oxygen atoms in total. The minimum Gasteiger partial charge on any atom is -0.379 e. The third kappa shape index (κ3) is 4.24. The highest BCUT2D eigenvalue weighted by molar-refractivity contribution is 5.06. The van der Waals surface area contributed by atoms with Gasteiger partial charge in [-0.2, -0.15) is 5.26 Å². The lowest BCUT2D eigenvalue weighted by molar-refractivity contribution is -0.00144. The normalized spacial score (nSPS) is 24.4. The van der Waals surface area contributed by atoms with Crippen molar-refractivity contribution >= 4 is 0 Å². The Morgan fingerprint density at radius 2 is 2.28 bits per heavy atom. The first-order valence-electron chi connectivity index (χ1n) is 7.15. The molecule has 1 fully saturated rings. The van der Waals surface area contributed by atoms with Crippen molar-refractivity contribution in [1.29, 1.82) is 5.26 Å². The lowest BCUT2D eigenvalue weighted by Gasteiger charge is -2.34. The van der Waals surface area contributed by atoms with E-state index in [9.17, 15) is 5.26 Å². The topological polar surface area (TPSA) is 48.3 Å². The molecule has 0 radical (unpaired) electrons. The van der Waals surface area contributed by atoms with Crippen LogP contribution >= 0.6 is 0 Å². The summed E-state index contributed by atoms with van der Waals surface area (Å²) in [6, 6.07) is 2.97. The molecule has 0 saturated carbocycles. The van der Waals surface area contributed by atoms with Gasteiger partial charge in [0.2, 0.25) is 0 Å². The van der Waals surface area contributed by atoms with E-state index in [0.29, 0.717) is 6.04 Å². The SMILES string of the molecule is CCNC(C#N)(CC)CCCN1CCOCC1C. The van der Waals surface area contributed by atoms with E-state index in [0.717, 1.165) is 52.1 Å². The maximum Gasteiger partial charge on any atom is 0.106 e. The van der Waals surface area contributed by atoms with Crippen LogP contribution in [0.2, 0.25) is 0 Å². The number of nitriles is 1. The van der Waals surface area contributed by atoms with E-state index in [-0.39, 0.29) is 5.54 Å². The van der Waals surface area contributed by atoms with E-state index in [1.165, 1.54) is 0 Å². The lowest BCUT2D eigenvalue weighted by Crippen LogP contribution is -2.46. The highest BCUT2D eigenvalue weighted by atomic mass is 16.5. The van der Waals surface area contributed by atoms with Crippen LogP contribution in [0.15, 0.2) is 0 Å². The quantitative estimate of drug-likeness (QED) is 0.751. The Balaban J connectivity index is 2.36. The van der Waals surface area contributed by atoms with Gasteiger partial charge in [-0.05, 0) is 39.3 Å². The predicted molar refractivity (Wildman–Crippen MR) is 73.4 cm³/mol. The zero-order valence-electron chi connectivity index (χ0n) is 12.0. The summed E-state index contributed by atoms with van der Waals surface area (Å²) in [4.78, 5) is 2.47. The van der Waals surface area contributed by atoms with Crippen LogP contribution in [-0.4, -0.2) is 49.3 Å². The van der Waals surface area contributed by atoms with Gasteiger partial charge in [-0.25, -0.2) is 0 Å². The van der Waals surface area contributed by atoms with Crippen molar-refractivity contribution < 1.29 is 4.74 Å². The van der Waals surface area contributed by atoms with Crippen LogP contribution in [-0.2, 0) is 4.74 Å². The van der Waals surface area contributed by atoms with Crippen LogP contribution in [0, 0.1) is 11.3 Å². The average molecular weight is 253 g/mol. The number of nitrogens with zero attached hydrogens (tertiary/aromatic N) is 2. The molecule has 1 aliphatic heterocycles. The van der Waals surface area contributed by atoms with Crippen molar-refractivity contribution in [3.05, 3.63) is 0 Å². The summed E-state index contributed by atoms with van der Waals surface area (Å²) in [5.74, 6) is 0. The third-order valence-corrected chi connectivity index (χ3v) is 3.89. The standard InChI is InChI=1S/C14H27N3O/c1-4-14(12-15,16-5-2)7-6-8-17-9-10-18-11-13(17)3/h13,16H,4-11H2,1-3H3. The minimum atomic E-state index is -0.329. The fourth-order valence-electron chi connectivity index (χ4n) is 2.58. The van der Waals surface area contributed by atoms with Gasteiger partial charge < -0.3 is 4.74 Å². The third-order valence-electron chi connectivity index (χ3n) is 3.89. The average Bonchev–Trinajstić information content (AvgIpc) is 2.40. The largest absolute Gasteiger partial charge is 0.379 e. The molecule has 0 amide bonds. The van der Waals surface area contributed by atoms with Crippen LogP contribution in [0.3, 0.4) is 0 Å². The summed E-state index contributed by atoms with van der Waals surface area (Å²) in [5.41, 5.74) is -0.329. The second-order valence-corrected chi connectivity index (χ2v) is 5.14. The van der Waals surface area contributed by atoms with Gasteiger partial charge in [0.05, 0.1) is 19.3 Å². The van der Waals surface area contributed by atoms with Gasteiger partial charge in [-0.1, -0.05) is 13.8 Å². The number of ether oxygens (including phenoxy) is 1. The zero-order chi connectivity index (χ0) is 13.4. The van der Waals surface area contributed by atoms with E-state index in [1.54, 1.807) is 0 Å².